The van der Waals surface area contributed by atoms with Crippen LogP contribution in [0.4, 0.5) is 11.5 Å². The lowest BCUT2D eigenvalue weighted by molar-refractivity contribution is -0.385. The minimum absolute atomic E-state index is 0.0324. The molecule has 1 aromatic heterocycles. The Bertz CT molecular complexity index is 572. The third-order valence-electron chi connectivity index (χ3n) is 3.65. The van der Waals surface area contributed by atoms with Crippen LogP contribution >= 0.6 is 0 Å². The molecule has 1 aromatic rings. The number of aromatic nitrogens is 2. The number of esters is 1. The second-order valence-corrected chi connectivity index (χ2v) is 5.05. The molecule has 0 N–H and O–H groups in total. The van der Waals surface area contributed by atoms with E-state index in [9.17, 15) is 14.9 Å². The molecule has 0 saturated carbocycles. The highest BCUT2D eigenvalue weighted by molar-refractivity contribution is 5.73. The van der Waals surface area contributed by atoms with Crippen LogP contribution in [0.2, 0.25) is 0 Å². The summed E-state index contributed by atoms with van der Waals surface area (Å²) in [7, 11) is 0. The molecule has 1 aliphatic heterocycles. The monoisotopic (exact) mass is 324 g/mol. The first-order chi connectivity index (χ1) is 11.1. The van der Waals surface area contributed by atoms with E-state index in [0.717, 1.165) is 0 Å². The number of carbonyl (C=O) groups excluding carboxylic acids is 1. The molecular weight excluding hydrogens is 304 g/mol. The van der Waals surface area contributed by atoms with Crippen LogP contribution in [-0.4, -0.2) is 47.2 Å². The Kier molecular flexibility index (Phi) is 5.67. The average molecular weight is 324 g/mol. The van der Waals surface area contributed by atoms with Crippen molar-refractivity contribution in [3.63, 3.8) is 0 Å². The molecule has 1 aliphatic rings. The molecule has 1 saturated heterocycles. The molecule has 23 heavy (non-hydrogen) atoms. The summed E-state index contributed by atoms with van der Waals surface area (Å²) in [5.41, 5.74) is -0.232. The number of anilines is 1. The third kappa shape index (κ3) is 3.85. The maximum Gasteiger partial charge on any atom is 0.372 e. The van der Waals surface area contributed by atoms with Crippen LogP contribution in [0.5, 0.6) is 5.88 Å². The van der Waals surface area contributed by atoms with Crippen molar-refractivity contribution in [2.75, 3.05) is 31.2 Å². The topological polar surface area (TPSA) is 108 Å². The highest BCUT2D eigenvalue weighted by atomic mass is 16.6. The minimum atomic E-state index is -0.530. The summed E-state index contributed by atoms with van der Waals surface area (Å²) < 4.78 is 10.3. The molecule has 0 atom stereocenters. The molecule has 1 fully saturated rings. The Hall–Kier alpha value is -2.45. The first-order valence-corrected chi connectivity index (χ1v) is 7.62. The van der Waals surface area contributed by atoms with Crippen molar-refractivity contribution in [3.05, 3.63) is 16.4 Å². The van der Waals surface area contributed by atoms with Gasteiger partial charge >= 0.3 is 11.7 Å². The highest BCUT2D eigenvalue weighted by Gasteiger charge is 2.32. The largest absolute Gasteiger partial charge is 0.473 e. The van der Waals surface area contributed by atoms with Gasteiger partial charge in [0.25, 0.3) is 5.88 Å². The zero-order valence-corrected chi connectivity index (χ0v) is 13.2. The first kappa shape index (κ1) is 16.9. The van der Waals surface area contributed by atoms with Gasteiger partial charge in [-0.05, 0) is 26.7 Å². The average Bonchev–Trinajstić information content (AvgIpc) is 2.55. The molecule has 0 aliphatic carbocycles. The maximum absolute atomic E-state index is 11.8. The lowest BCUT2D eigenvalue weighted by Crippen LogP contribution is -2.37. The Morgan fingerprint density at radius 1 is 1.35 bits per heavy atom. The Labute approximate surface area is 133 Å². The van der Waals surface area contributed by atoms with Crippen molar-refractivity contribution in [2.45, 2.75) is 26.7 Å². The van der Waals surface area contributed by atoms with Crippen LogP contribution in [0.1, 0.15) is 26.7 Å². The van der Waals surface area contributed by atoms with Crippen LogP contribution in [0, 0.1) is 16.0 Å². The minimum Gasteiger partial charge on any atom is -0.473 e. The Morgan fingerprint density at radius 2 is 2.04 bits per heavy atom. The summed E-state index contributed by atoms with van der Waals surface area (Å²) in [6, 6.07) is 0. The summed E-state index contributed by atoms with van der Waals surface area (Å²) in [5.74, 6) is -0.177. The third-order valence-corrected chi connectivity index (χ3v) is 3.65. The van der Waals surface area contributed by atoms with Gasteiger partial charge < -0.3 is 14.4 Å². The van der Waals surface area contributed by atoms with Crippen LogP contribution in [0.3, 0.4) is 0 Å². The highest BCUT2D eigenvalue weighted by Crippen LogP contribution is 2.35. The number of piperidine rings is 1. The van der Waals surface area contributed by atoms with Gasteiger partial charge in [-0.2, -0.15) is 4.98 Å². The van der Waals surface area contributed by atoms with E-state index in [1.807, 2.05) is 0 Å². The van der Waals surface area contributed by atoms with Gasteiger partial charge in [-0.15, -0.1) is 0 Å². The van der Waals surface area contributed by atoms with Gasteiger partial charge in [-0.1, -0.05) is 0 Å². The SMILES string of the molecule is CCOC(=O)C1CCN(c2ncnc(OCC)c2[N+](=O)[O-])CC1. The normalized spacial score (nSPS) is 15.3. The number of hydrogen-bond acceptors (Lipinski definition) is 8. The predicted molar refractivity (Wildman–Crippen MR) is 81.4 cm³/mol. The van der Waals surface area contributed by atoms with Gasteiger partial charge in [-0.25, -0.2) is 4.98 Å². The van der Waals surface area contributed by atoms with Crippen LogP contribution in [-0.2, 0) is 9.53 Å². The van der Waals surface area contributed by atoms with E-state index in [1.165, 1.54) is 6.33 Å². The van der Waals surface area contributed by atoms with Gasteiger partial charge in [0.05, 0.1) is 24.1 Å². The molecule has 126 valence electrons. The molecule has 0 unspecified atom stereocenters. The van der Waals surface area contributed by atoms with Crippen LogP contribution < -0.4 is 9.64 Å². The number of ether oxygens (including phenoxy) is 2. The fraction of sp³-hybridized carbons (Fsp3) is 0.643. The van der Waals surface area contributed by atoms with Crippen LogP contribution in [0.25, 0.3) is 0 Å². The van der Waals surface area contributed by atoms with Gasteiger partial charge in [0.1, 0.15) is 6.33 Å². The fourth-order valence-corrected chi connectivity index (χ4v) is 2.57. The number of hydrogen-bond donors (Lipinski definition) is 0. The molecule has 2 heterocycles. The van der Waals surface area contributed by atoms with Crippen molar-refractivity contribution in [3.8, 4) is 5.88 Å². The summed E-state index contributed by atoms with van der Waals surface area (Å²) in [4.78, 5) is 32.3. The van der Waals surface area contributed by atoms with Crippen molar-refractivity contribution in [1.29, 1.82) is 0 Å². The van der Waals surface area contributed by atoms with Gasteiger partial charge in [0, 0.05) is 13.1 Å². The van der Waals surface area contributed by atoms with Gasteiger partial charge in [0.15, 0.2) is 0 Å². The van der Waals surface area contributed by atoms with Gasteiger partial charge in [0.2, 0.25) is 5.82 Å². The summed E-state index contributed by atoms with van der Waals surface area (Å²) in [5, 5.41) is 11.4. The van der Waals surface area contributed by atoms with Gasteiger partial charge in [-0.3, -0.25) is 14.9 Å². The molecule has 9 heteroatoms. The zero-order valence-electron chi connectivity index (χ0n) is 13.2. The van der Waals surface area contributed by atoms with E-state index >= 15 is 0 Å². The summed E-state index contributed by atoms with van der Waals surface area (Å²) >= 11 is 0. The molecule has 0 radical (unpaired) electrons. The number of nitrogens with zero attached hydrogens (tertiary/aromatic N) is 4. The lowest BCUT2D eigenvalue weighted by Gasteiger charge is -2.31. The first-order valence-electron chi connectivity index (χ1n) is 7.62. The Morgan fingerprint density at radius 3 is 2.61 bits per heavy atom. The van der Waals surface area contributed by atoms with Crippen molar-refractivity contribution >= 4 is 17.5 Å². The standard InChI is InChI=1S/C14H20N4O5/c1-3-22-13-11(18(20)21)12(15-9-16-13)17-7-5-10(6-8-17)14(19)23-4-2/h9-10H,3-8H2,1-2H3. The van der Waals surface area contributed by atoms with E-state index in [2.05, 4.69) is 9.97 Å². The maximum atomic E-state index is 11.8. The van der Waals surface area contributed by atoms with E-state index in [4.69, 9.17) is 9.47 Å². The zero-order chi connectivity index (χ0) is 16.8. The molecule has 0 amide bonds. The van der Waals surface area contributed by atoms with E-state index in [1.54, 1.807) is 18.7 Å². The van der Waals surface area contributed by atoms with E-state index in [0.29, 0.717) is 32.5 Å². The number of carbonyl (C=O) groups is 1. The molecule has 0 aromatic carbocycles. The Balaban J connectivity index is 2.16. The van der Waals surface area contributed by atoms with Crippen LogP contribution in [0.15, 0.2) is 6.33 Å². The van der Waals surface area contributed by atoms with E-state index in [-0.39, 0.29) is 35.9 Å². The summed E-state index contributed by atoms with van der Waals surface area (Å²) in [6.45, 7) is 5.12. The second kappa shape index (κ2) is 7.70. The fourth-order valence-electron chi connectivity index (χ4n) is 2.57. The smallest absolute Gasteiger partial charge is 0.372 e. The second-order valence-electron chi connectivity index (χ2n) is 5.05. The number of rotatable bonds is 6. The molecule has 0 spiro atoms. The van der Waals surface area contributed by atoms with E-state index < -0.39 is 4.92 Å². The summed E-state index contributed by atoms with van der Waals surface area (Å²) in [6.07, 6.45) is 2.40. The quantitative estimate of drug-likeness (QED) is 0.441. The van der Waals surface area contributed by atoms with Crippen molar-refractivity contribution in [2.24, 2.45) is 5.92 Å². The molecule has 0 bridgehead atoms. The molecule has 2 rings (SSSR count). The number of nitro groups is 1. The van der Waals surface area contributed by atoms with Crippen molar-refractivity contribution < 1.29 is 19.2 Å². The lowest BCUT2D eigenvalue weighted by atomic mass is 9.97. The molecule has 9 nitrogen and oxygen atoms in total. The molecular formula is C14H20N4O5. The predicted octanol–water partition coefficient (Wildman–Crippen LogP) is 1.56. The van der Waals surface area contributed by atoms with Crippen molar-refractivity contribution in [1.82, 2.24) is 9.97 Å².